The van der Waals surface area contributed by atoms with Crippen LogP contribution in [0.2, 0.25) is 0 Å². The number of amides is 1. The third-order valence-electron chi connectivity index (χ3n) is 2.83. The van der Waals surface area contributed by atoms with E-state index in [4.69, 9.17) is 4.74 Å². The minimum atomic E-state index is -0.402. The first-order valence-electron chi connectivity index (χ1n) is 7.37. The molecule has 0 saturated carbocycles. The zero-order valence-corrected chi connectivity index (χ0v) is 14.6. The zero-order chi connectivity index (χ0) is 14.7. The highest BCUT2D eigenvalue weighted by atomic mass is 79.9. The van der Waals surface area contributed by atoms with Gasteiger partial charge in [0.05, 0.1) is 0 Å². The molecular weight excluding hydrogens is 306 g/mol. The lowest BCUT2D eigenvalue weighted by atomic mass is 10.1. The molecule has 0 aromatic rings. The van der Waals surface area contributed by atoms with Gasteiger partial charge in [-0.15, -0.1) is 0 Å². The number of unbranched alkanes of at least 4 members (excludes halogenated alkanes) is 6. The number of alkyl halides is 1. The second kappa shape index (κ2) is 10.5. The van der Waals surface area contributed by atoms with Crippen molar-refractivity contribution in [1.82, 2.24) is 4.90 Å². The molecule has 4 heteroatoms. The van der Waals surface area contributed by atoms with E-state index in [-0.39, 0.29) is 6.09 Å². The van der Waals surface area contributed by atoms with Crippen LogP contribution >= 0.6 is 15.9 Å². The summed E-state index contributed by atoms with van der Waals surface area (Å²) in [6, 6.07) is 0. The highest BCUT2D eigenvalue weighted by Gasteiger charge is 2.18. The molecule has 0 aliphatic rings. The Morgan fingerprint density at radius 3 is 1.95 bits per heavy atom. The van der Waals surface area contributed by atoms with Gasteiger partial charge in [-0.1, -0.05) is 48.0 Å². The molecule has 0 spiro atoms. The third kappa shape index (κ3) is 12.5. The van der Waals surface area contributed by atoms with E-state index >= 15 is 0 Å². The van der Waals surface area contributed by atoms with Crippen molar-refractivity contribution in [2.75, 3.05) is 18.9 Å². The van der Waals surface area contributed by atoms with Crippen molar-refractivity contribution in [2.24, 2.45) is 0 Å². The first-order chi connectivity index (χ1) is 8.87. The Balaban J connectivity index is 3.48. The highest BCUT2D eigenvalue weighted by Crippen LogP contribution is 2.11. The Morgan fingerprint density at radius 1 is 1.00 bits per heavy atom. The van der Waals surface area contributed by atoms with Crippen LogP contribution in [-0.2, 0) is 4.74 Å². The molecule has 114 valence electrons. The van der Waals surface area contributed by atoms with E-state index in [9.17, 15) is 4.79 Å². The summed E-state index contributed by atoms with van der Waals surface area (Å²) in [6.07, 6.45) is 8.55. The maximum absolute atomic E-state index is 11.7. The summed E-state index contributed by atoms with van der Waals surface area (Å²) >= 11 is 3.44. The van der Waals surface area contributed by atoms with Crippen LogP contribution in [0.1, 0.15) is 65.7 Å². The number of carbonyl (C=O) groups is 1. The first kappa shape index (κ1) is 18.8. The maximum atomic E-state index is 11.7. The normalized spacial score (nSPS) is 11.4. The highest BCUT2D eigenvalue weighted by molar-refractivity contribution is 9.09. The van der Waals surface area contributed by atoms with Crippen LogP contribution in [0, 0.1) is 0 Å². The van der Waals surface area contributed by atoms with E-state index in [0.717, 1.165) is 18.3 Å². The molecule has 0 N–H and O–H groups in total. The van der Waals surface area contributed by atoms with Gasteiger partial charge in [-0.2, -0.15) is 0 Å². The number of ether oxygens (including phenoxy) is 1. The molecule has 0 unspecified atom stereocenters. The summed E-state index contributed by atoms with van der Waals surface area (Å²) in [6.45, 7) is 6.47. The lowest BCUT2D eigenvalue weighted by Crippen LogP contribution is -2.34. The summed E-state index contributed by atoms with van der Waals surface area (Å²) in [4.78, 5) is 13.4. The van der Waals surface area contributed by atoms with Gasteiger partial charge in [0.2, 0.25) is 0 Å². The predicted octanol–water partition coefficient (Wildman–Crippen LogP) is 4.98. The van der Waals surface area contributed by atoms with Crippen LogP contribution in [0.5, 0.6) is 0 Å². The molecule has 0 fully saturated rings. The van der Waals surface area contributed by atoms with Crippen molar-refractivity contribution < 1.29 is 9.53 Å². The minimum absolute atomic E-state index is 0.218. The average molecular weight is 336 g/mol. The summed E-state index contributed by atoms with van der Waals surface area (Å²) in [5, 5.41) is 1.12. The fourth-order valence-electron chi connectivity index (χ4n) is 1.76. The number of rotatable bonds is 9. The number of hydrogen-bond donors (Lipinski definition) is 0. The van der Waals surface area contributed by atoms with E-state index in [1.54, 1.807) is 4.90 Å². The number of carbonyl (C=O) groups excluding carboxylic acids is 1. The van der Waals surface area contributed by atoms with E-state index < -0.39 is 5.60 Å². The van der Waals surface area contributed by atoms with Crippen molar-refractivity contribution in [3.8, 4) is 0 Å². The van der Waals surface area contributed by atoms with Crippen molar-refractivity contribution in [2.45, 2.75) is 71.3 Å². The SMILES string of the molecule is CN(CCCCCCCCCBr)C(=O)OC(C)(C)C. The molecule has 3 nitrogen and oxygen atoms in total. The van der Waals surface area contributed by atoms with E-state index in [2.05, 4.69) is 15.9 Å². The van der Waals surface area contributed by atoms with E-state index in [1.165, 1.54) is 38.5 Å². The van der Waals surface area contributed by atoms with Gasteiger partial charge in [-0.25, -0.2) is 4.79 Å². The van der Waals surface area contributed by atoms with Crippen LogP contribution in [0.4, 0.5) is 4.79 Å². The summed E-state index contributed by atoms with van der Waals surface area (Å²) in [7, 11) is 1.81. The minimum Gasteiger partial charge on any atom is -0.444 e. The summed E-state index contributed by atoms with van der Waals surface area (Å²) in [5.74, 6) is 0. The molecule has 1 amide bonds. The van der Waals surface area contributed by atoms with Crippen molar-refractivity contribution in [3.63, 3.8) is 0 Å². The lowest BCUT2D eigenvalue weighted by molar-refractivity contribution is 0.0296. The fourth-order valence-corrected chi connectivity index (χ4v) is 2.15. The Labute approximate surface area is 127 Å². The van der Waals surface area contributed by atoms with Crippen LogP contribution in [0.15, 0.2) is 0 Å². The van der Waals surface area contributed by atoms with Gasteiger partial charge >= 0.3 is 6.09 Å². The quantitative estimate of drug-likeness (QED) is 0.439. The predicted molar refractivity (Wildman–Crippen MR) is 85.0 cm³/mol. The number of nitrogens with zero attached hydrogens (tertiary/aromatic N) is 1. The maximum Gasteiger partial charge on any atom is 0.410 e. The second-order valence-electron chi connectivity index (χ2n) is 6.07. The second-order valence-corrected chi connectivity index (χ2v) is 6.86. The Hall–Kier alpha value is -0.250. The molecule has 19 heavy (non-hydrogen) atoms. The summed E-state index contributed by atoms with van der Waals surface area (Å²) in [5.41, 5.74) is -0.402. The molecular formula is C15H30BrNO2. The molecule has 0 aromatic carbocycles. The Kier molecular flexibility index (Phi) is 10.4. The van der Waals surface area contributed by atoms with Crippen LogP contribution in [0.25, 0.3) is 0 Å². The van der Waals surface area contributed by atoms with E-state index in [0.29, 0.717) is 0 Å². The number of halogens is 1. The molecule has 0 radical (unpaired) electrons. The zero-order valence-electron chi connectivity index (χ0n) is 13.0. The monoisotopic (exact) mass is 335 g/mol. The van der Waals surface area contributed by atoms with Gasteiger partial charge < -0.3 is 9.64 Å². The number of hydrogen-bond acceptors (Lipinski definition) is 2. The van der Waals surface area contributed by atoms with Gasteiger partial charge in [0.25, 0.3) is 0 Å². The average Bonchev–Trinajstić information content (AvgIpc) is 2.30. The standard InChI is InChI=1S/C15H30BrNO2/c1-15(2,3)19-14(18)17(4)13-11-9-7-5-6-8-10-12-16/h5-13H2,1-4H3. The molecule has 0 heterocycles. The molecule has 0 rings (SSSR count). The lowest BCUT2D eigenvalue weighted by Gasteiger charge is -2.24. The first-order valence-corrected chi connectivity index (χ1v) is 8.49. The van der Waals surface area contributed by atoms with Crippen molar-refractivity contribution in [1.29, 1.82) is 0 Å². The van der Waals surface area contributed by atoms with Crippen LogP contribution < -0.4 is 0 Å². The van der Waals surface area contributed by atoms with Gasteiger partial charge in [-0.3, -0.25) is 0 Å². The van der Waals surface area contributed by atoms with Crippen LogP contribution in [0.3, 0.4) is 0 Å². The van der Waals surface area contributed by atoms with Gasteiger partial charge in [0.1, 0.15) is 5.60 Å². The summed E-state index contributed by atoms with van der Waals surface area (Å²) < 4.78 is 5.30. The van der Waals surface area contributed by atoms with Gasteiger partial charge in [-0.05, 0) is 33.6 Å². The fraction of sp³-hybridized carbons (Fsp3) is 0.933. The molecule has 0 aliphatic heterocycles. The van der Waals surface area contributed by atoms with Crippen molar-refractivity contribution >= 4 is 22.0 Å². The smallest absolute Gasteiger partial charge is 0.410 e. The third-order valence-corrected chi connectivity index (χ3v) is 3.39. The molecule has 0 bridgehead atoms. The van der Waals surface area contributed by atoms with Gasteiger partial charge in [0.15, 0.2) is 0 Å². The topological polar surface area (TPSA) is 29.5 Å². The van der Waals surface area contributed by atoms with Crippen molar-refractivity contribution in [3.05, 3.63) is 0 Å². The Morgan fingerprint density at radius 2 is 1.47 bits per heavy atom. The molecule has 0 atom stereocenters. The molecule has 0 aromatic heterocycles. The largest absolute Gasteiger partial charge is 0.444 e. The molecule has 0 aliphatic carbocycles. The van der Waals surface area contributed by atoms with Crippen LogP contribution in [-0.4, -0.2) is 35.5 Å². The van der Waals surface area contributed by atoms with Gasteiger partial charge in [0, 0.05) is 18.9 Å². The Bertz CT molecular complexity index is 239. The molecule has 0 saturated heterocycles. The van der Waals surface area contributed by atoms with E-state index in [1.807, 2.05) is 27.8 Å².